The number of hydrogen-bond donors (Lipinski definition) is 1. The second-order valence-electron chi connectivity index (χ2n) is 6.04. The molecule has 1 amide bonds. The van der Waals surface area contributed by atoms with Crippen LogP contribution in [0, 0.1) is 5.92 Å². The predicted octanol–water partition coefficient (Wildman–Crippen LogP) is 3.05. The highest BCUT2D eigenvalue weighted by Crippen LogP contribution is 2.28. The Kier molecular flexibility index (Phi) is 5.63. The molecule has 18 heavy (non-hydrogen) atoms. The van der Waals surface area contributed by atoms with Gasteiger partial charge in [-0.1, -0.05) is 12.8 Å². The number of alkyl carbamates (subject to hydrolysis) is 1. The van der Waals surface area contributed by atoms with Crippen molar-refractivity contribution in [1.82, 2.24) is 5.32 Å². The third-order valence-corrected chi connectivity index (χ3v) is 3.27. The lowest BCUT2D eigenvalue weighted by Gasteiger charge is -2.32. The van der Waals surface area contributed by atoms with Crippen LogP contribution < -0.4 is 5.32 Å². The molecule has 0 bridgehead atoms. The van der Waals surface area contributed by atoms with Crippen molar-refractivity contribution in [3.63, 3.8) is 0 Å². The summed E-state index contributed by atoms with van der Waals surface area (Å²) in [5.74, 6) is 0.413. The first-order valence-corrected chi connectivity index (χ1v) is 6.85. The van der Waals surface area contributed by atoms with Crippen molar-refractivity contribution in [1.29, 1.82) is 0 Å². The zero-order valence-corrected chi connectivity index (χ0v) is 11.7. The molecule has 1 aliphatic carbocycles. The first-order chi connectivity index (χ1) is 8.42. The van der Waals surface area contributed by atoms with Gasteiger partial charge in [0.1, 0.15) is 11.9 Å². The molecular weight excluding hydrogens is 230 g/mol. The van der Waals surface area contributed by atoms with Crippen molar-refractivity contribution in [2.24, 2.45) is 5.92 Å². The Hall–Kier alpha value is -1.06. The minimum atomic E-state index is -0.461. The molecule has 0 heterocycles. The van der Waals surface area contributed by atoms with Crippen LogP contribution in [0.4, 0.5) is 4.79 Å². The average Bonchev–Trinajstić information content (AvgIpc) is 2.25. The van der Waals surface area contributed by atoms with Crippen LogP contribution in [-0.4, -0.2) is 24.0 Å². The Labute approximate surface area is 109 Å². The largest absolute Gasteiger partial charge is 0.444 e. The summed E-state index contributed by atoms with van der Waals surface area (Å²) in [5, 5.41) is 2.96. The maximum absolute atomic E-state index is 11.7. The van der Waals surface area contributed by atoms with Gasteiger partial charge < -0.3 is 14.8 Å². The van der Waals surface area contributed by atoms with Crippen molar-refractivity contribution < 1.29 is 14.3 Å². The molecular formula is C14H25NO3. The molecule has 1 aliphatic rings. The molecule has 4 nitrogen and oxygen atoms in total. The molecule has 2 atom stereocenters. The van der Waals surface area contributed by atoms with Gasteiger partial charge in [0.05, 0.1) is 0 Å². The van der Waals surface area contributed by atoms with Crippen LogP contribution in [-0.2, 0) is 9.53 Å². The van der Waals surface area contributed by atoms with Crippen LogP contribution in [0.25, 0.3) is 0 Å². The van der Waals surface area contributed by atoms with Gasteiger partial charge in [-0.3, -0.25) is 0 Å². The number of carbonyl (C=O) groups excluding carboxylic acids is 2. The molecule has 4 heteroatoms. The third-order valence-electron chi connectivity index (χ3n) is 3.27. The fourth-order valence-electron chi connectivity index (χ4n) is 2.48. The molecule has 0 aliphatic heterocycles. The quantitative estimate of drug-likeness (QED) is 0.785. The maximum atomic E-state index is 11.7. The van der Waals surface area contributed by atoms with Crippen LogP contribution in [0.5, 0.6) is 0 Å². The molecule has 0 aromatic carbocycles. The van der Waals surface area contributed by atoms with E-state index in [0.29, 0.717) is 12.3 Å². The van der Waals surface area contributed by atoms with E-state index >= 15 is 0 Å². The summed E-state index contributed by atoms with van der Waals surface area (Å²) in [6.07, 6.45) is 6.47. The van der Waals surface area contributed by atoms with Gasteiger partial charge in [0.15, 0.2) is 0 Å². The van der Waals surface area contributed by atoms with Crippen molar-refractivity contribution in [3.05, 3.63) is 0 Å². The lowest BCUT2D eigenvalue weighted by molar-refractivity contribution is -0.108. The van der Waals surface area contributed by atoms with Crippen molar-refractivity contribution in [3.8, 4) is 0 Å². The molecule has 0 radical (unpaired) electrons. The Morgan fingerprint density at radius 2 is 2.00 bits per heavy atom. The van der Waals surface area contributed by atoms with Crippen molar-refractivity contribution >= 4 is 12.4 Å². The van der Waals surface area contributed by atoms with Gasteiger partial charge in [0, 0.05) is 12.5 Å². The third kappa shape index (κ3) is 5.52. The van der Waals surface area contributed by atoms with E-state index in [4.69, 9.17) is 4.74 Å². The summed E-state index contributed by atoms with van der Waals surface area (Å²) < 4.78 is 5.27. The van der Waals surface area contributed by atoms with E-state index in [1.54, 1.807) is 0 Å². The zero-order valence-electron chi connectivity index (χ0n) is 11.7. The predicted molar refractivity (Wildman–Crippen MR) is 70.4 cm³/mol. The Morgan fingerprint density at radius 3 is 2.61 bits per heavy atom. The number of nitrogens with one attached hydrogen (secondary N) is 1. The normalized spacial score (nSPS) is 24.4. The summed E-state index contributed by atoms with van der Waals surface area (Å²) in [7, 11) is 0. The highest BCUT2D eigenvalue weighted by Gasteiger charge is 2.27. The summed E-state index contributed by atoms with van der Waals surface area (Å²) in [6, 6.07) is 0.161. The molecule has 1 saturated carbocycles. The van der Waals surface area contributed by atoms with Gasteiger partial charge in [0.2, 0.25) is 0 Å². The molecule has 0 saturated heterocycles. The Balaban J connectivity index is 2.45. The molecule has 2 unspecified atom stereocenters. The van der Waals surface area contributed by atoms with E-state index in [1.807, 2.05) is 20.8 Å². The van der Waals surface area contributed by atoms with Gasteiger partial charge in [-0.15, -0.1) is 0 Å². The van der Waals surface area contributed by atoms with Crippen LogP contribution in [0.1, 0.15) is 59.3 Å². The lowest BCUT2D eigenvalue weighted by atomic mass is 9.82. The van der Waals surface area contributed by atoms with E-state index in [-0.39, 0.29) is 12.1 Å². The van der Waals surface area contributed by atoms with Gasteiger partial charge in [-0.2, -0.15) is 0 Å². The number of aldehydes is 1. The van der Waals surface area contributed by atoms with Crippen LogP contribution in [0.15, 0.2) is 0 Å². The molecule has 1 rings (SSSR count). The van der Waals surface area contributed by atoms with Crippen molar-refractivity contribution in [2.45, 2.75) is 70.9 Å². The fraction of sp³-hybridized carbons (Fsp3) is 0.857. The highest BCUT2D eigenvalue weighted by atomic mass is 16.6. The first kappa shape index (κ1) is 15.0. The minimum absolute atomic E-state index is 0.161. The van der Waals surface area contributed by atoms with E-state index in [0.717, 1.165) is 32.0 Å². The number of rotatable bonds is 4. The molecule has 1 fully saturated rings. The van der Waals surface area contributed by atoms with Gasteiger partial charge >= 0.3 is 6.09 Å². The number of hydrogen-bond acceptors (Lipinski definition) is 3. The number of ether oxygens (including phenoxy) is 1. The summed E-state index contributed by atoms with van der Waals surface area (Å²) in [5.41, 5.74) is -0.461. The molecule has 104 valence electrons. The smallest absolute Gasteiger partial charge is 0.407 e. The van der Waals surface area contributed by atoms with Crippen LogP contribution in [0.3, 0.4) is 0 Å². The molecule has 0 aromatic rings. The number of carbonyl (C=O) groups is 2. The summed E-state index contributed by atoms with van der Waals surface area (Å²) in [6.45, 7) is 5.58. The average molecular weight is 255 g/mol. The Bertz CT molecular complexity index is 283. The summed E-state index contributed by atoms with van der Waals surface area (Å²) >= 11 is 0. The standard InChI is InChI=1S/C14H25NO3/c1-14(2,3)18-13(17)15-12-9-5-4-7-11(12)8-6-10-16/h10-12H,4-9H2,1-3H3,(H,15,17). The second kappa shape index (κ2) is 6.76. The topological polar surface area (TPSA) is 55.4 Å². The highest BCUT2D eigenvalue weighted by molar-refractivity contribution is 5.68. The fourth-order valence-corrected chi connectivity index (χ4v) is 2.48. The lowest BCUT2D eigenvalue weighted by Crippen LogP contribution is -2.44. The van der Waals surface area contributed by atoms with E-state index in [9.17, 15) is 9.59 Å². The summed E-state index contributed by atoms with van der Waals surface area (Å²) in [4.78, 5) is 22.2. The SMILES string of the molecule is CC(C)(C)OC(=O)NC1CCCCC1CCC=O. The van der Waals surface area contributed by atoms with Gasteiger partial charge in [-0.05, 0) is 46.0 Å². The molecule has 0 aromatic heterocycles. The zero-order chi connectivity index (χ0) is 13.6. The minimum Gasteiger partial charge on any atom is -0.444 e. The van der Waals surface area contributed by atoms with Crippen molar-refractivity contribution in [2.75, 3.05) is 0 Å². The van der Waals surface area contributed by atoms with Crippen LogP contribution >= 0.6 is 0 Å². The second-order valence-corrected chi connectivity index (χ2v) is 6.04. The monoisotopic (exact) mass is 255 g/mol. The van der Waals surface area contributed by atoms with Gasteiger partial charge in [-0.25, -0.2) is 4.79 Å². The van der Waals surface area contributed by atoms with E-state index in [1.165, 1.54) is 6.42 Å². The van der Waals surface area contributed by atoms with E-state index in [2.05, 4.69) is 5.32 Å². The van der Waals surface area contributed by atoms with Gasteiger partial charge in [0.25, 0.3) is 0 Å². The number of amides is 1. The maximum Gasteiger partial charge on any atom is 0.407 e. The first-order valence-electron chi connectivity index (χ1n) is 6.85. The Morgan fingerprint density at radius 1 is 1.33 bits per heavy atom. The van der Waals surface area contributed by atoms with E-state index < -0.39 is 5.60 Å². The molecule has 0 spiro atoms. The van der Waals surface area contributed by atoms with Crippen LogP contribution in [0.2, 0.25) is 0 Å². The molecule has 1 N–H and O–H groups in total.